The molecule has 4 nitrogen and oxygen atoms in total. The molecule has 0 fully saturated rings. The van der Waals surface area contributed by atoms with Crippen molar-refractivity contribution in [2.75, 3.05) is 26.3 Å². The van der Waals surface area contributed by atoms with E-state index in [-0.39, 0.29) is 6.61 Å². The van der Waals surface area contributed by atoms with Crippen LogP contribution in [0.4, 0.5) is 8.78 Å². The lowest BCUT2D eigenvalue weighted by atomic mass is 10.4. The van der Waals surface area contributed by atoms with E-state index in [9.17, 15) is 8.78 Å². The zero-order valence-electron chi connectivity index (χ0n) is 9.92. The van der Waals surface area contributed by atoms with E-state index in [0.29, 0.717) is 18.1 Å². The molecule has 0 amide bonds. The zero-order chi connectivity index (χ0) is 12.5. The van der Waals surface area contributed by atoms with E-state index in [1.807, 2.05) is 6.92 Å². The summed E-state index contributed by atoms with van der Waals surface area (Å²) < 4.78 is 33.7. The zero-order valence-corrected chi connectivity index (χ0v) is 9.92. The van der Waals surface area contributed by atoms with Gasteiger partial charge >= 0.3 is 0 Å². The Kier molecular flexibility index (Phi) is 6.73. The molecule has 1 aromatic rings. The number of ether oxygens (including phenoxy) is 1. The Morgan fingerprint density at radius 3 is 3.00 bits per heavy atom. The summed E-state index contributed by atoms with van der Waals surface area (Å²) >= 11 is 0. The molecular weight excluding hydrogens is 230 g/mol. The Morgan fingerprint density at radius 2 is 2.29 bits per heavy atom. The number of nitrogens with zero attached hydrogens (tertiary/aromatic N) is 1. The van der Waals surface area contributed by atoms with Crippen molar-refractivity contribution >= 4 is 0 Å². The van der Waals surface area contributed by atoms with Gasteiger partial charge in [0.1, 0.15) is 12.4 Å². The van der Waals surface area contributed by atoms with E-state index < -0.39 is 13.0 Å². The highest BCUT2D eigenvalue weighted by Crippen LogP contribution is 2.05. The first-order chi connectivity index (χ1) is 8.22. The maximum absolute atomic E-state index is 11.8. The molecule has 1 heterocycles. The third-order valence-corrected chi connectivity index (χ3v) is 2.10. The van der Waals surface area contributed by atoms with Gasteiger partial charge in [-0.25, -0.2) is 13.8 Å². The third-order valence-electron chi connectivity index (χ3n) is 2.10. The van der Waals surface area contributed by atoms with E-state index in [1.165, 1.54) is 0 Å². The van der Waals surface area contributed by atoms with E-state index in [0.717, 1.165) is 19.5 Å². The fourth-order valence-electron chi connectivity index (χ4n) is 1.30. The van der Waals surface area contributed by atoms with Crippen LogP contribution in [0.3, 0.4) is 0 Å². The number of likely N-dealkylation sites (N-methyl/N-ethyl adjacent to an activating group) is 1. The van der Waals surface area contributed by atoms with Crippen molar-refractivity contribution < 1.29 is 17.9 Å². The molecule has 0 spiro atoms. The molecule has 1 N–H and O–H groups in total. The smallest absolute Gasteiger partial charge is 0.261 e. The van der Waals surface area contributed by atoms with Crippen molar-refractivity contribution in [1.29, 1.82) is 0 Å². The van der Waals surface area contributed by atoms with Gasteiger partial charge in [-0.2, -0.15) is 0 Å². The minimum atomic E-state index is -2.42. The topological polar surface area (TPSA) is 47.3 Å². The summed E-state index contributed by atoms with van der Waals surface area (Å²) in [6, 6.07) is 0. The fraction of sp³-hybridized carbons (Fsp3) is 0.727. The van der Waals surface area contributed by atoms with Crippen LogP contribution < -0.4 is 5.32 Å². The quantitative estimate of drug-likeness (QED) is 0.675. The predicted octanol–water partition coefficient (Wildman–Crippen LogP) is 1.65. The molecule has 0 saturated carbocycles. The van der Waals surface area contributed by atoms with Gasteiger partial charge in [-0.3, -0.25) is 0 Å². The van der Waals surface area contributed by atoms with Gasteiger partial charge in [-0.05, 0) is 6.54 Å². The van der Waals surface area contributed by atoms with Crippen molar-refractivity contribution in [1.82, 2.24) is 10.3 Å². The average Bonchev–Trinajstić information content (AvgIpc) is 2.73. The number of halogens is 2. The van der Waals surface area contributed by atoms with Gasteiger partial charge in [0, 0.05) is 19.4 Å². The minimum absolute atomic E-state index is 0.228. The Balaban J connectivity index is 2.16. The summed E-state index contributed by atoms with van der Waals surface area (Å²) in [6.45, 7) is 3.46. The molecule has 0 unspecified atom stereocenters. The molecule has 6 heteroatoms. The molecule has 0 saturated heterocycles. The number of oxazole rings is 1. The monoisotopic (exact) mass is 248 g/mol. The van der Waals surface area contributed by atoms with Gasteiger partial charge in [0.25, 0.3) is 6.43 Å². The van der Waals surface area contributed by atoms with E-state index >= 15 is 0 Å². The summed E-state index contributed by atoms with van der Waals surface area (Å²) in [7, 11) is 0. The Bertz CT molecular complexity index is 305. The minimum Gasteiger partial charge on any atom is -0.446 e. The maximum atomic E-state index is 11.8. The van der Waals surface area contributed by atoms with Gasteiger partial charge in [0.15, 0.2) is 5.89 Å². The van der Waals surface area contributed by atoms with Crippen LogP contribution in [0.25, 0.3) is 0 Å². The Hall–Kier alpha value is -1.01. The summed E-state index contributed by atoms with van der Waals surface area (Å²) in [4.78, 5) is 4.09. The summed E-state index contributed by atoms with van der Waals surface area (Å²) in [5, 5.41) is 3.16. The summed E-state index contributed by atoms with van der Waals surface area (Å²) in [6.07, 6.45) is 0.403. The van der Waals surface area contributed by atoms with Crippen molar-refractivity contribution in [2.45, 2.75) is 26.2 Å². The van der Waals surface area contributed by atoms with Crippen molar-refractivity contribution in [3.63, 3.8) is 0 Å². The first-order valence-corrected chi connectivity index (χ1v) is 5.72. The van der Waals surface area contributed by atoms with Gasteiger partial charge in [-0.1, -0.05) is 6.92 Å². The lowest BCUT2D eigenvalue weighted by Gasteiger charge is -2.01. The van der Waals surface area contributed by atoms with E-state index in [2.05, 4.69) is 10.3 Å². The highest BCUT2D eigenvalue weighted by Gasteiger charge is 2.05. The normalized spacial score (nSPS) is 11.3. The Morgan fingerprint density at radius 1 is 1.47 bits per heavy atom. The van der Waals surface area contributed by atoms with Crippen LogP contribution in [0.2, 0.25) is 0 Å². The largest absolute Gasteiger partial charge is 0.446 e. The average molecular weight is 248 g/mol. The fourth-order valence-corrected chi connectivity index (χ4v) is 1.30. The Labute approximate surface area is 99.4 Å². The summed E-state index contributed by atoms with van der Waals surface area (Å²) in [5.41, 5.74) is 0. The second-order valence-corrected chi connectivity index (χ2v) is 3.54. The van der Waals surface area contributed by atoms with Gasteiger partial charge in [0.05, 0.1) is 12.8 Å². The molecule has 98 valence electrons. The lowest BCUT2D eigenvalue weighted by Crippen LogP contribution is -2.16. The number of rotatable bonds is 9. The van der Waals surface area contributed by atoms with E-state index in [1.54, 1.807) is 6.20 Å². The third kappa shape index (κ3) is 6.33. The predicted molar refractivity (Wildman–Crippen MR) is 59.3 cm³/mol. The second-order valence-electron chi connectivity index (χ2n) is 3.54. The van der Waals surface area contributed by atoms with Crippen molar-refractivity contribution in [3.8, 4) is 0 Å². The van der Waals surface area contributed by atoms with Crippen LogP contribution in [0.15, 0.2) is 10.6 Å². The molecule has 17 heavy (non-hydrogen) atoms. The molecule has 0 aliphatic carbocycles. The number of aromatic nitrogens is 1. The first-order valence-electron chi connectivity index (χ1n) is 5.72. The van der Waals surface area contributed by atoms with Crippen LogP contribution in [0.1, 0.15) is 18.6 Å². The van der Waals surface area contributed by atoms with Crippen LogP contribution in [0.5, 0.6) is 0 Å². The molecule has 0 aromatic carbocycles. The number of hydrogen-bond donors (Lipinski definition) is 1. The van der Waals surface area contributed by atoms with Gasteiger partial charge < -0.3 is 14.5 Å². The molecule has 0 bridgehead atoms. The first kappa shape index (κ1) is 14.1. The molecule has 0 atom stereocenters. The van der Waals surface area contributed by atoms with Crippen molar-refractivity contribution in [2.24, 2.45) is 0 Å². The van der Waals surface area contributed by atoms with Crippen molar-refractivity contribution in [3.05, 3.63) is 17.8 Å². The molecule has 1 rings (SSSR count). The molecule has 0 radical (unpaired) electrons. The molecule has 0 aliphatic rings. The highest BCUT2D eigenvalue weighted by molar-refractivity contribution is 4.94. The van der Waals surface area contributed by atoms with Crippen LogP contribution in [-0.4, -0.2) is 37.7 Å². The summed E-state index contributed by atoms with van der Waals surface area (Å²) in [5.74, 6) is 1.33. The van der Waals surface area contributed by atoms with Gasteiger partial charge in [-0.15, -0.1) is 0 Å². The van der Waals surface area contributed by atoms with Gasteiger partial charge in [0.2, 0.25) is 0 Å². The lowest BCUT2D eigenvalue weighted by molar-refractivity contribution is 0.0176. The van der Waals surface area contributed by atoms with E-state index in [4.69, 9.17) is 9.15 Å². The molecular formula is C11H18F2N2O2. The molecule has 0 aliphatic heterocycles. The van der Waals surface area contributed by atoms with Crippen LogP contribution in [0, 0.1) is 0 Å². The van der Waals surface area contributed by atoms with Crippen LogP contribution in [-0.2, 0) is 17.6 Å². The highest BCUT2D eigenvalue weighted by atomic mass is 19.3. The second kappa shape index (κ2) is 8.14. The van der Waals surface area contributed by atoms with Crippen LogP contribution >= 0.6 is 0 Å². The SMILES string of the molecule is CCNCCc1ncc(CCOCC(F)F)o1. The number of nitrogens with one attached hydrogen (secondary N) is 1. The standard InChI is InChI=1S/C11H18F2N2O2/c1-2-14-5-3-11-15-7-9(17-11)4-6-16-8-10(12)13/h7,10,14H,2-6,8H2,1H3. The maximum Gasteiger partial charge on any atom is 0.261 e. The number of alkyl halides is 2. The molecule has 1 aromatic heterocycles. The number of hydrogen-bond acceptors (Lipinski definition) is 4.